The molecule has 1 aliphatic rings. The summed E-state index contributed by atoms with van der Waals surface area (Å²) in [4.78, 5) is 21.0. The molecule has 7 heteroatoms. The summed E-state index contributed by atoms with van der Waals surface area (Å²) in [6.45, 7) is 1.95. The minimum absolute atomic E-state index is 0.103. The SMILES string of the molecule is Cc1nc(-c2cc(C(=O)NC3CCCC3n3ccnc3)co2)cs1. The first kappa shape index (κ1) is 15.1. The van der Waals surface area contributed by atoms with Crippen LogP contribution in [0.5, 0.6) is 0 Å². The van der Waals surface area contributed by atoms with E-state index in [0.717, 1.165) is 30.0 Å². The van der Waals surface area contributed by atoms with E-state index in [-0.39, 0.29) is 18.0 Å². The highest BCUT2D eigenvalue weighted by Crippen LogP contribution is 2.30. The standard InChI is InChI=1S/C17H18N4O2S/c1-11-19-14(9-24-11)16-7-12(8-23-16)17(22)20-13-3-2-4-15(13)21-6-5-18-10-21/h5-10,13,15H,2-4H2,1H3,(H,20,22). The summed E-state index contributed by atoms with van der Waals surface area (Å²) in [6.07, 6.45) is 10.2. The molecule has 0 spiro atoms. The molecule has 1 fully saturated rings. The molecule has 1 aliphatic carbocycles. The Morgan fingerprint density at radius 1 is 1.46 bits per heavy atom. The summed E-state index contributed by atoms with van der Waals surface area (Å²) in [5.74, 6) is 0.524. The van der Waals surface area contributed by atoms with Gasteiger partial charge in [-0.3, -0.25) is 4.79 Å². The molecule has 3 heterocycles. The van der Waals surface area contributed by atoms with Crippen molar-refractivity contribution in [2.24, 2.45) is 0 Å². The van der Waals surface area contributed by atoms with Crippen LogP contribution in [0.4, 0.5) is 0 Å². The van der Waals surface area contributed by atoms with Gasteiger partial charge >= 0.3 is 0 Å². The Bertz CT molecular complexity index is 837. The lowest BCUT2D eigenvalue weighted by molar-refractivity contribution is 0.0928. The van der Waals surface area contributed by atoms with Crippen LogP contribution in [0, 0.1) is 6.92 Å². The third-order valence-electron chi connectivity index (χ3n) is 4.44. The number of amides is 1. The molecule has 24 heavy (non-hydrogen) atoms. The Hall–Kier alpha value is -2.41. The maximum absolute atomic E-state index is 12.6. The molecular weight excluding hydrogens is 324 g/mol. The van der Waals surface area contributed by atoms with Gasteiger partial charge in [0.25, 0.3) is 5.91 Å². The number of nitrogens with one attached hydrogen (secondary N) is 1. The minimum atomic E-state index is -0.103. The largest absolute Gasteiger partial charge is 0.462 e. The zero-order valence-corrected chi connectivity index (χ0v) is 14.1. The number of carbonyl (C=O) groups excluding carboxylic acids is 1. The van der Waals surface area contributed by atoms with Gasteiger partial charge in [0.2, 0.25) is 0 Å². The average Bonchev–Trinajstić information content (AvgIpc) is 3.34. The van der Waals surface area contributed by atoms with E-state index >= 15 is 0 Å². The number of hydrogen-bond acceptors (Lipinski definition) is 5. The van der Waals surface area contributed by atoms with Crippen LogP contribution in [-0.4, -0.2) is 26.5 Å². The van der Waals surface area contributed by atoms with Crippen molar-refractivity contribution >= 4 is 17.2 Å². The summed E-state index contributed by atoms with van der Waals surface area (Å²) < 4.78 is 7.60. The molecule has 0 aromatic carbocycles. The number of hydrogen-bond donors (Lipinski definition) is 1. The monoisotopic (exact) mass is 342 g/mol. The van der Waals surface area contributed by atoms with Gasteiger partial charge in [0.1, 0.15) is 12.0 Å². The molecule has 4 rings (SSSR count). The zero-order chi connectivity index (χ0) is 16.5. The number of carbonyl (C=O) groups is 1. The Morgan fingerprint density at radius 2 is 2.38 bits per heavy atom. The lowest BCUT2D eigenvalue weighted by atomic mass is 10.1. The molecule has 1 saturated carbocycles. The first-order valence-corrected chi connectivity index (χ1v) is 8.88. The molecule has 1 amide bonds. The molecule has 3 aromatic rings. The van der Waals surface area contributed by atoms with Crippen LogP contribution in [0.25, 0.3) is 11.5 Å². The van der Waals surface area contributed by atoms with Crippen molar-refractivity contribution in [1.29, 1.82) is 0 Å². The van der Waals surface area contributed by atoms with Gasteiger partial charge in [-0.05, 0) is 32.3 Å². The highest BCUT2D eigenvalue weighted by Gasteiger charge is 2.30. The predicted molar refractivity (Wildman–Crippen MR) is 90.9 cm³/mol. The number of furan rings is 1. The Morgan fingerprint density at radius 3 is 3.12 bits per heavy atom. The van der Waals surface area contributed by atoms with Crippen molar-refractivity contribution in [2.45, 2.75) is 38.3 Å². The highest BCUT2D eigenvalue weighted by molar-refractivity contribution is 7.09. The smallest absolute Gasteiger partial charge is 0.254 e. The Labute approximate surface area is 143 Å². The van der Waals surface area contributed by atoms with E-state index in [1.54, 1.807) is 23.6 Å². The van der Waals surface area contributed by atoms with E-state index in [4.69, 9.17) is 4.42 Å². The quantitative estimate of drug-likeness (QED) is 0.788. The topological polar surface area (TPSA) is 73.0 Å². The molecule has 3 aromatic heterocycles. The van der Waals surface area contributed by atoms with E-state index in [2.05, 4.69) is 19.9 Å². The van der Waals surface area contributed by atoms with Crippen LogP contribution in [0.1, 0.15) is 40.7 Å². The van der Waals surface area contributed by atoms with Gasteiger partial charge in [-0.25, -0.2) is 9.97 Å². The molecule has 2 atom stereocenters. The summed E-state index contributed by atoms with van der Waals surface area (Å²) in [6, 6.07) is 2.14. The van der Waals surface area contributed by atoms with E-state index in [0.29, 0.717) is 11.3 Å². The molecule has 2 unspecified atom stereocenters. The van der Waals surface area contributed by atoms with Crippen molar-refractivity contribution in [1.82, 2.24) is 19.9 Å². The lowest BCUT2D eigenvalue weighted by Gasteiger charge is -2.21. The summed E-state index contributed by atoms with van der Waals surface area (Å²) in [5.41, 5.74) is 1.31. The van der Waals surface area contributed by atoms with Crippen molar-refractivity contribution < 1.29 is 9.21 Å². The van der Waals surface area contributed by atoms with Crippen LogP contribution < -0.4 is 5.32 Å². The third kappa shape index (κ3) is 2.87. The van der Waals surface area contributed by atoms with Crippen LogP contribution in [0.3, 0.4) is 0 Å². The van der Waals surface area contributed by atoms with Gasteiger partial charge in [0.05, 0.1) is 22.9 Å². The number of thiazole rings is 1. The van der Waals surface area contributed by atoms with Crippen molar-refractivity contribution in [3.05, 3.63) is 47.0 Å². The molecule has 0 saturated heterocycles. The number of aromatic nitrogens is 3. The fourth-order valence-corrected chi connectivity index (χ4v) is 3.85. The first-order valence-electron chi connectivity index (χ1n) is 8.00. The molecular formula is C17H18N4O2S. The van der Waals surface area contributed by atoms with E-state index in [1.165, 1.54) is 6.26 Å². The van der Waals surface area contributed by atoms with E-state index in [9.17, 15) is 4.79 Å². The van der Waals surface area contributed by atoms with Gasteiger partial charge in [0, 0.05) is 23.8 Å². The number of rotatable bonds is 4. The van der Waals surface area contributed by atoms with Crippen LogP contribution in [-0.2, 0) is 0 Å². The Balaban J connectivity index is 1.47. The summed E-state index contributed by atoms with van der Waals surface area (Å²) in [7, 11) is 0. The third-order valence-corrected chi connectivity index (χ3v) is 5.21. The first-order chi connectivity index (χ1) is 11.7. The molecule has 1 N–H and O–H groups in total. The minimum Gasteiger partial charge on any atom is -0.462 e. The second-order valence-corrected chi connectivity index (χ2v) is 7.10. The van der Waals surface area contributed by atoms with Gasteiger partial charge in [-0.2, -0.15) is 0 Å². The Kier molecular flexibility index (Phi) is 3.93. The van der Waals surface area contributed by atoms with Gasteiger partial charge in [-0.1, -0.05) is 0 Å². The number of aryl methyl sites for hydroxylation is 1. The maximum Gasteiger partial charge on any atom is 0.254 e. The summed E-state index contributed by atoms with van der Waals surface area (Å²) >= 11 is 1.56. The van der Waals surface area contributed by atoms with Gasteiger partial charge in [0.15, 0.2) is 5.76 Å². The molecule has 0 aliphatic heterocycles. The zero-order valence-electron chi connectivity index (χ0n) is 13.3. The van der Waals surface area contributed by atoms with Crippen molar-refractivity contribution in [3.63, 3.8) is 0 Å². The predicted octanol–water partition coefficient (Wildman–Crippen LogP) is 3.43. The van der Waals surface area contributed by atoms with Crippen molar-refractivity contribution in [3.8, 4) is 11.5 Å². The average molecular weight is 342 g/mol. The fourth-order valence-electron chi connectivity index (χ4n) is 3.25. The second-order valence-electron chi connectivity index (χ2n) is 6.04. The lowest BCUT2D eigenvalue weighted by Crippen LogP contribution is -2.37. The van der Waals surface area contributed by atoms with Crippen LogP contribution in [0.2, 0.25) is 0 Å². The highest BCUT2D eigenvalue weighted by atomic mass is 32.1. The van der Waals surface area contributed by atoms with Gasteiger partial charge in [-0.15, -0.1) is 11.3 Å². The molecule has 6 nitrogen and oxygen atoms in total. The molecule has 0 bridgehead atoms. The maximum atomic E-state index is 12.6. The second kappa shape index (κ2) is 6.24. The number of imidazole rings is 1. The molecule has 0 radical (unpaired) electrons. The summed E-state index contributed by atoms with van der Waals surface area (Å²) in [5, 5.41) is 6.04. The fraction of sp³-hybridized carbons (Fsp3) is 0.353. The molecule has 124 valence electrons. The van der Waals surface area contributed by atoms with Crippen LogP contribution in [0.15, 0.2) is 40.8 Å². The van der Waals surface area contributed by atoms with E-state index < -0.39 is 0 Å². The number of nitrogens with zero attached hydrogens (tertiary/aromatic N) is 3. The van der Waals surface area contributed by atoms with Crippen LogP contribution >= 0.6 is 11.3 Å². The normalized spacial score (nSPS) is 20.4. The van der Waals surface area contributed by atoms with E-state index in [1.807, 2.05) is 24.8 Å². The van der Waals surface area contributed by atoms with Gasteiger partial charge < -0.3 is 14.3 Å². The van der Waals surface area contributed by atoms with Crippen molar-refractivity contribution in [2.75, 3.05) is 0 Å².